The molecular weight excluding hydrogens is 284 g/mol. The number of epoxide rings is 1. The summed E-state index contributed by atoms with van der Waals surface area (Å²) >= 11 is 0. The lowest BCUT2D eigenvalue weighted by Crippen LogP contribution is -2.20. The van der Waals surface area contributed by atoms with Crippen LogP contribution in [0.25, 0.3) is 11.0 Å². The van der Waals surface area contributed by atoms with E-state index in [9.17, 15) is 4.79 Å². The van der Waals surface area contributed by atoms with Crippen molar-refractivity contribution in [3.8, 4) is 0 Å². The second kappa shape index (κ2) is 5.83. The monoisotopic (exact) mass is 304 g/mol. The van der Waals surface area contributed by atoms with E-state index in [1.807, 2.05) is 32.9 Å². The first-order chi connectivity index (χ1) is 10.5. The van der Waals surface area contributed by atoms with Gasteiger partial charge in [-0.15, -0.1) is 0 Å². The quantitative estimate of drug-likeness (QED) is 0.606. The van der Waals surface area contributed by atoms with Crippen molar-refractivity contribution in [1.82, 2.24) is 0 Å². The summed E-state index contributed by atoms with van der Waals surface area (Å²) in [6.45, 7) is 6.66. The van der Waals surface area contributed by atoms with Gasteiger partial charge in [0.2, 0.25) is 0 Å². The molecule has 118 valence electrons. The van der Waals surface area contributed by atoms with E-state index >= 15 is 0 Å². The van der Waals surface area contributed by atoms with E-state index in [1.54, 1.807) is 12.1 Å². The highest BCUT2D eigenvalue weighted by molar-refractivity contribution is 5.76. The van der Waals surface area contributed by atoms with Gasteiger partial charge in [0.1, 0.15) is 17.4 Å². The molecule has 3 rings (SSSR count). The van der Waals surface area contributed by atoms with E-state index in [-0.39, 0.29) is 17.8 Å². The number of hydrogen-bond donors (Lipinski definition) is 0. The molecule has 22 heavy (non-hydrogen) atoms. The maximum Gasteiger partial charge on any atom is 0.193 e. The van der Waals surface area contributed by atoms with E-state index in [2.05, 4.69) is 0 Å². The summed E-state index contributed by atoms with van der Waals surface area (Å²) in [6.07, 6.45) is -0.415. The van der Waals surface area contributed by atoms with Crippen LogP contribution in [0.4, 0.5) is 0 Å². The summed E-state index contributed by atoms with van der Waals surface area (Å²) in [5.74, 6) is 0.536. The number of rotatable bonds is 6. The third-order valence-electron chi connectivity index (χ3n) is 3.95. The highest BCUT2D eigenvalue weighted by Crippen LogP contribution is 2.46. The Kier molecular flexibility index (Phi) is 4.04. The van der Waals surface area contributed by atoms with Crippen molar-refractivity contribution in [2.24, 2.45) is 0 Å². The van der Waals surface area contributed by atoms with Crippen LogP contribution in [0.2, 0.25) is 0 Å². The Morgan fingerprint density at radius 1 is 1.32 bits per heavy atom. The Balaban J connectivity index is 1.76. The molecule has 1 aliphatic heterocycles. The van der Waals surface area contributed by atoms with Gasteiger partial charge >= 0.3 is 0 Å². The van der Waals surface area contributed by atoms with Crippen molar-refractivity contribution in [2.45, 2.75) is 38.8 Å². The van der Waals surface area contributed by atoms with Crippen molar-refractivity contribution >= 4 is 11.0 Å². The number of benzene rings is 1. The minimum atomic E-state index is -0.616. The van der Waals surface area contributed by atoms with Crippen LogP contribution >= 0.6 is 0 Å². The van der Waals surface area contributed by atoms with Gasteiger partial charge in [0, 0.05) is 12.7 Å². The maximum atomic E-state index is 12.2. The fourth-order valence-electron chi connectivity index (χ4n) is 2.53. The molecule has 5 heteroatoms. The highest BCUT2D eigenvalue weighted by Gasteiger charge is 2.56. The molecule has 0 saturated carbocycles. The first-order valence-corrected chi connectivity index (χ1v) is 7.49. The molecule has 0 bridgehead atoms. The Morgan fingerprint density at radius 3 is 2.86 bits per heavy atom. The molecule has 2 heterocycles. The number of hydrogen-bond acceptors (Lipinski definition) is 5. The van der Waals surface area contributed by atoms with Crippen molar-refractivity contribution in [2.75, 3.05) is 13.2 Å². The summed E-state index contributed by atoms with van der Waals surface area (Å²) in [4.78, 5) is 12.2. The Morgan fingerprint density at radius 2 is 2.09 bits per heavy atom. The fourth-order valence-corrected chi connectivity index (χ4v) is 2.53. The zero-order valence-corrected chi connectivity index (χ0v) is 13.0. The molecule has 1 fully saturated rings. The molecule has 1 aromatic heterocycles. The SMILES string of the molecule is CCOC(C)OC[C@H]1O[C@]1(C)c1cc(=O)c2ccccc2o1. The lowest BCUT2D eigenvalue weighted by molar-refractivity contribution is -0.129. The molecule has 0 radical (unpaired) electrons. The average molecular weight is 304 g/mol. The molecule has 0 amide bonds. The zero-order valence-electron chi connectivity index (χ0n) is 13.0. The Hall–Kier alpha value is -1.69. The van der Waals surface area contributed by atoms with Gasteiger partial charge in [-0.05, 0) is 32.9 Å². The van der Waals surface area contributed by atoms with Crippen molar-refractivity contribution in [1.29, 1.82) is 0 Å². The second-order valence-corrected chi connectivity index (χ2v) is 5.54. The van der Waals surface area contributed by atoms with Crippen molar-refractivity contribution in [3.63, 3.8) is 0 Å². The minimum Gasteiger partial charge on any atom is -0.458 e. The standard InChI is InChI=1S/C17H20O5/c1-4-19-11(2)20-10-16-17(3,22-16)15-9-13(18)12-7-5-6-8-14(12)21-15/h5-9,11,16H,4,10H2,1-3H3/t11?,16-,17-/m1/s1. The van der Waals surface area contributed by atoms with E-state index < -0.39 is 5.60 Å². The van der Waals surface area contributed by atoms with Gasteiger partial charge in [-0.2, -0.15) is 0 Å². The third kappa shape index (κ3) is 2.79. The molecular formula is C17H20O5. The predicted molar refractivity (Wildman–Crippen MR) is 81.7 cm³/mol. The molecule has 0 N–H and O–H groups in total. The van der Waals surface area contributed by atoms with Gasteiger partial charge in [0.05, 0.1) is 12.0 Å². The first kappa shape index (κ1) is 15.2. The largest absolute Gasteiger partial charge is 0.458 e. The number of ether oxygens (including phenoxy) is 3. The molecule has 1 aliphatic rings. The molecule has 1 saturated heterocycles. The molecule has 1 aromatic carbocycles. The van der Waals surface area contributed by atoms with Gasteiger partial charge in [-0.1, -0.05) is 12.1 Å². The van der Waals surface area contributed by atoms with E-state index in [1.165, 1.54) is 6.07 Å². The van der Waals surface area contributed by atoms with Crippen LogP contribution < -0.4 is 5.43 Å². The summed E-state index contributed by atoms with van der Waals surface area (Å²) in [6, 6.07) is 8.71. The smallest absolute Gasteiger partial charge is 0.193 e. The molecule has 3 atom stereocenters. The van der Waals surface area contributed by atoms with Crippen molar-refractivity contribution in [3.05, 3.63) is 46.3 Å². The topological polar surface area (TPSA) is 61.2 Å². The van der Waals surface area contributed by atoms with Gasteiger partial charge in [-0.3, -0.25) is 4.79 Å². The van der Waals surface area contributed by atoms with Crippen LogP contribution in [0.5, 0.6) is 0 Å². The lowest BCUT2D eigenvalue weighted by Gasteiger charge is -2.12. The molecule has 1 unspecified atom stereocenters. The van der Waals surface area contributed by atoms with Crippen molar-refractivity contribution < 1.29 is 18.6 Å². The van der Waals surface area contributed by atoms with Gasteiger partial charge in [0.25, 0.3) is 0 Å². The Bertz CT molecular complexity index is 722. The zero-order chi connectivity index (χ0) is 15.7. The summed E-state index contributed by atoms with van der Waals surface area (Å²) in [5, 5.41) is 0.577. The average Bonchev–Trinajstić information content (AvgIpc) is 3.18. The first-order valence-electron chi connectivity index (χ1n) is 7.49. The van der Waals surface area contributed by atoms with Crippen LogP contribution in [0.1, 0.15) is 26.5 Å². The van der Waals surface area contributed by atoms with Crippen LogP contribution in [-0.2, 0) is 19.8 Å². The van der Waals surface area contributed by atoms with Crippen LogP contribution in [0, 0.1) is 0 Å². The molecule has 5 nitrogen and oxygen atoms in total. The van der Waals surface area contributed by atoms with E-state index in [0.29, 0.717) is 29.9 Å². The van der Waals surface area contributed by atoms with E-state index in [4.69, 9.17) is 18.6 Å². The predicted octanol–water partition coefficient (Wildman–Crippen LogP) is 2.81. The van der Waals surface area contributed by atoms with E-state index in [0.717, 1.165) is 0 Å². The minimum absolute atomic E-state index is 0.0593. The summed E-state index contributed by atoms with van der Waals surface area (Å²) < 4.78 is 22.4. The van der Waals surface area contributed by atoms with Gasteiger partial charge in [-0.25, -0.2) is 0 Å². The fraction of sp³-hybridized carbons (Fsp3) is 0.471. The normalized spacial score (nSPS) is 25.3. The molecule has 0 spiro atoms. The lowest BCUT2D eigenvalue weighted by atomic mass is 10.0. The van der Waals surface area contributed by atoms with Crippen LogP contribution in [0.15, 0.2) is 39.5 Å². The highest BCUT2D eigenvalue weighted by atomic mass is 16.7. The summed E-state index contributed by atoms with van der Waals surface area (Å²) in [7, 11) is 0. The molecule has 0 aliphatic carbocycles. The summed E-state index contributed by atoms with van der Waals surface area (Å²) in [5.41, 5.74) is -0.102. The van der Waals surface area contributed by atoms with Crippen LogP contribution in [0.3, 0.4) is 0 Å². The second-order valence-electron chi connectivity index (χ2n) is 5.54. The number of fused-ring (bicyclic) bond motifs is 1. The number of para-hydroxylation sites is 1. The third-order valence-corrected chi connectivity index (χ3v) is 3.95. The van der Waals surface area contributed by atoms with Gasteiger partial charge < -0.3 is 18.6 Å². The molecule has 2 aromatic rings. The van der Waals surface area contributed by atoms with Crippen LogP contribution in [-0.4, -0.2) is 25.6 Å². The maximum absolute atomic E-state index is 12.2. The van der Waals surface area contributed by atoms with Gasteiger partial charge in [0.15, 0.2) is 17.3 Å². The Labute approximate surface area is 128 Å².